The Morgan fingerprint density at radius 1 is 1.46 bits per heavy atom. The highest BCUT2D eigenvalue weighted by Gasteiger charge is 2.23. The third-order valence-electron chi connectivity index (χ3n) is 3.10. The molecule has 0 aliphatic heterocycles. The van der Waals surface area contributed by atoms with Crippen LogP contribution in [0, 0.1) is 11.8 Å². The average Bonchev–Trinajstić information content (AvgIpc) is 2.14. The average molecular weight is 201 g/mol. The second-order valence-electron chi connectivity index (χ2n) is 4.36. The van der Waals surface area contributed by atoms with Gasteiger partial charge in [-0.1, -0.05) is 26.7 Å². The van der Waals surface area contributed by atoms with E-state index < -0.39 is 0 Å². The minimum Gasteiger partial charge on any atom is -0.327 e. The predicted molar refractivity (Wildman–Crippen MR) is 62.1 cm³/mol. The van der Waals surface area contributed by atoms with Gasteiger partial charge in [-0.25, -0.2) is 0 Å². The van der Waals surface area contributed by atoms with Crippen molar-refractivity contribution in [3.63, 3.8) is 0 Å². The van der Waals surface area contributed by atoms with Crippen LogP contribution in [-0.4, -0.2) is 17.5 Å². The summed E-state index contributed by atoms with van der Waals surface area (Å²) in [5, 5.41) is 0. The first-order chi connectivity index (χ1) is 6.24. The van der Waals surface area contributed by atoms with E-state index >= 15 is 0 Å². The van der Waals surface area contributed by atoms with Crippen LogP contribution in [0.4, 0.5) is 0 Å². The fourth-order valence-electron chi connectivity index (χ4n) is 2.26. The normalized spacial score (nSPS) is 31.6. The van der Waals surface area contributed by atoms with Gasteiger partial charge >= 0.3 is 0 Å². The molecule has 2 heteroatoms. The molecule has 13 heavy (non-hydrogen) atoms. The van der Waals surface area contributed by atoms with Gasteiger partial charge in [0.2, 0.25) is 0 Å². The molecule has 0 bridgehead atoms. The minimum absolute atomic E-state index is 0.452. The Hall–Kier alpha value is 0.310. The van der Waals surface area contributed by atoms with Crippen LogP contribution in [-0.2, 0) is 0 Å². The molecular formula is C11H23NS. The van der Waals surface area contributed by atoms with Gasteiger partial charge in [-0.2, -0.15) is 11.8 Å². The Morgan fingerprint density at radius 3 is 2.85 bits per heavy atom. The van der Waals surface area contributed by atoms with Gasteiger partial charge in [0.15, 0.2) is 0 Å². The lowest BCUT2D eigenvalue weighted by Crippen LogP contribution is -2.35. The van der Waals surface area contributed by atoms with E-state index in [0.717, 1.165) is 17.6 Å². The van der Waals surface area contributed by atoms with Gasteiger partial charge in [0.1, 0.15) is 0 Å². The summed E-state index contributed by atoms with van der Waals surface area (Å²) in [6.07, 6.45) is 5.56. The Morgan fingerprint density at radius 2 is 2.23 bits per heavy atom. The summed E-state index contributed by atoms with van der Waals surface area (Å²) >= 11 is 1.99. The molecule has 0 spiro atoms. The Balaban J connectivity index is 2.24. The van der Waals surface area contributed by atoms with Crippen LogP contribution < -0.4 is 5.73 Å². The lowest BCUT2D eigenvalue weighted by atomic mass is 9.79. The maximum absolute atomic E-state index is 6.18. The predicted octanol–water partition coefficient (Wildman–Crippen LogP) is 2.89. The van der Waals surface area contributed by atoms with Gasteiger partial charge in [-0.15, -0.1) is 0 Å². The van der Waals surface area contributed by atoms with E-state index in [4.69, 9.17) is 5.73 Å². The zero-order chi connectivity index (χ0) is 9.68. The zero-order valence-corrected chi connectivity index (χ0v) is 9.78. The number of rotatable bonds is 4. The van der Waals surface area contributed by atoms with E-state index in [-0.39, 0.29) is 0 Å². The largest absolute Gasteiger partial charge is 0.327 e. The zero-order valence-electron chi connectivity index (χ0n) is 8.96. The fourth-order valence-corrected chi connectivity index (χ4v) is 3.04. The van der Waals surface area contributed by atoms with Crippen molar-refractivity contribution in [3.05, 3.63) is 0 Å². The smallest absolute Gasteiger partial charge is 0.0159 e. The minimum atomic E-state index is 0.452. The highest BCUT2D eigenvalue weighted by molar-refractivity contribution is 7.99. The maximum Gasteiger partial charge on any atom is 0.0159 e. The van der Waals surface area contributed by atoms with Crippen LogP contribution in [0.25, 0.3) is 0 Å². The first-order valence-electron chi connectivity index (χ1n) is 5.57. The van der Waals surface area contributed by atoms with Crippen molar-refractivity contribution in [3.8, 4) is 0 Å². The Bertz CT molecular complexity index is 138. The molecule has 1 rings (SSSR count). The molecule has 1 fully saturated rings. The summed E-state index contributed by atoms with van der Waals surface area (Å²) in [7, 11) is 0. The quantitative estimate of drug-likeness (QED) is 0.757. The Labute approximate surface area is 86.8 Å². The summed E-state index contributed by atoms with van der Waals surface area (Å²) in [5.74, 6) is 4.09. The molecule has 0 radical (unpaired) electrons. The number of hydrogen-bond acceptors (Lipinski definition) is 2. The van der Waals surface area contributed by atoms with Crippen LogP contribution in [0.3, 0.4) is 0 Å². The van der Waals surface area contributed by atoms with Gasteiger partial charge < -0.3 is 5.73 Å². The number of nitrogens with two attached hydrogens (primary N) is 1. The van der Waals surface area contributed by atoms with Gasteiger partial charge in [-0.3, -0.25) is 0 Å². The Kier molecular flexibility index (Phi) is 5.18. The molecule has 3 atom stereocenters. The fraction of sp³-hybridized carbons (Fsp3) is 1.00. The van der Waals surface area contributed by atoms with Crippen LogP contribution in [0.15, 0.2) is 0 Å². The van der Waals surface area contributed by atoms with Crippen LogP contribution in [0.1, 0.15) is 39.5 Å². The van der Waals surface area contributed by atoms with Crippen molar-refractivity contribution in [2.45, 2.75) is 45.6 Å². The topological polar surface area (TPSA) is 26.0 Å². The van der Waals surface area contributed by atoms with Gasteiger partial charge in [0.05, 0.1) is 0 Å². The summed E-state index contributed by atoms with van der Waals surface area (Å²) in [6, 6.07) is 0.452. The third kappa shape index (κ3) is 3.90. The van der Waals surface area contributed by atoms with E-state index in [2.05, 4.69) is 13.8 Å². The molecule has 0 saturated heterocycles. The van der Waals surface area contributed by atoms with E-state index in [0.29, 0.717) is 6.04 Å². The first kappa shape index (κ1) is 11.4. The van der Waals surface area contributed by atoms with Crippen molar-refractivity contribution < 1.29 is 0 Å². The van der Waals surface area contributed by atoms with Crippen LogP contribution in [0.5, 0.6) is 0 Å². The van der Waals surface area contributed by atoms with Crippen LogP contribution in [0.2, 0.25) is 0 Å². The summed E-state index contributed by atoms with van der Waals surface area (Å²) < 4.78 is 0. The van der Waals surface area contributed by atoms with Crippen molar-refractivity contribution >= 4 is 11.8 Å². The highest BCUT2D eigenvalue weighted by atomic mass is 32.2. The van der Waals surface area contributed by atoms with E-state index in [9.17, 15) is 0 Å². The van der Waals surface area contributed by atoms with E-state index in [1.807, 2.05) is 11.8 Å². The monoisotopic (exact) mass is 201 g/mol. The van der Waals surface area contributed by atoms with E-state index in [1.165, 1.54) is 31.4 Å². The molecule has 1 aliphatic rings. The molecule has 0 aromatic heterocycles. The first-order valence-corrected chi connectivity index (χ1v) is 6.72. The highest BCUT2D eigenvalue weighted by Crippen LogP contribution is 2.30. The molecule has 1 nitrogen and oxygen atoms in total. The van der Waals surface area contributed by atoms with Crippen molar-refractivity contribution in [2.75, 3.05) is 11.5 Å². The molecule has 0 amide bonds. The molecule has 0 aromatic rings. The van der Waals surface area contributed by atoms with Crippen molar-refractivity contribution in [1.29, 1.82) is 0 Å². The molecular weight excluding hydrogens is 178 g/mol. The van der Waals surface area contributed by atoms with Gasteiger partial charge in [0, 0.05) is 11.8 Å². The number of hydrogen-bond donors (Lipinski definition) is 1. The molecule has 0 aromatic carbocycles. The second kappa shape index (κ2) is 5.92. The van der Waals surface area contributed by atoms with Gasteiger partial charge in [0.25, 0.3) is 0 Å². The molecule has 78 valence electrons. The summed E-state index contributed by atoms with van der Waals surface area (Å²) in [6.45, 7) is 4.58. The molecule has 2 N–H and O–H groups in total. The molecule has 1 saturated carbocycles. The third-order valence-corrected chi connectivity index (χ3v) is 4.13. The van der Waals surface area contributed by atoms with Gasteiger partial charge in [-0.05, 0) is 30.4 Å². The standard InChI is InChI=1S/C11H23NS/c1-3-13-8-11(12)10-6-4-5-9(2)7-10/h9-11H,3-8,12H2,1-2H3. The van der Waals surface area contributed by atoms with E-state index in [1.54, 1.807) is 0 Å². The van der Waals surface area contributed by atoms with Crippen molar-refractivity contribution in [2.24, 2.45) is 17.6 Å². The molecule has 3 unspecified atom stereocenters. The number of thioether (sulfide) groups is 1. The maximum atomic E-state index is 6.18. The lowest BCUT2D eigenvalue weighted by molar-refractivity contribution is 0.256. The summed E-state index contributed by atoms with van der Waals surface area (Å²) in [5.41, 5.74) is 6.18. The molecule has 0 heterocycles. The molecule has 1 aliphatic carbocycles. The second-order valence-corrected chi connectivity index (χ2v) is 5.67. The lowest BCUT2D eigenvalue weighted by Gasteiger charge is -2.31. The SMILES string of the molecule is CCSCC(N)C1CCCC(C)C1. The van der Waals surface area contributed by atoms with Crippen LogP contribution >= 0.6 is 11.8 Å². The van der Waals surface area contributed by atoms with Crippen molar-refractivity contribution in [1.82, 2.24) is 0 Å². The summed E-state index contributed by atoms with van der Waals surface area (Å²) in [4.78, 5) is 0.